The SMILES string of the molecule is CCCNCCNCc1cnsn1. The molecule has 1 aromatic rings. The van der Waals surface area contributed by atoms with Gasteiger partial charge in [-0.3, -0.25) is 0 Å². The predicted octanol–water partition coefficient (Wildman–Crippen LogP) is 0.627. The predicted molar refractivity (Wildman–Crippen MR) is 54.8 cm³/mol. The molecular formula is C8H16N4S. The van der Waals surface area contributed by atoms with Crippen LogP contribution in [0, 0.1) is 0 Å². The van der Waals surface area contributed by atoms with Gasteiger partial charge in [-0.1, -0.05) is 6.92 Å². The van der Waals surface area contributed by atoms with E-state index in [0.717, 1.165) is 31.9 Å². The molecule has 1 rings (SSSR count). The number of hydrogen-bond donors (Lipinski definition) is 2. The van der Waals surface area contributed by atoms with E-state index in [-0.39, 0.29) is 0 Å². The molecule has 1 aromatic heterocycles. The molecule has 0 aliphatic carbocycles. The molecule has 74 valence electrons. The first kappa shape index (κ1) is 10.6. The lowest BCUT2D eigenvalue weighted by molar-refractivity contribution is 0.603. The van der Waals surface area contributed by atoms with Crippen molar-refractivity contribution in [1.29, 1.82) is 0 Å². The van der Waals surface area contributed by atoms with Crippen LogP contribution in [0.3, 0.4) is 0 Å². The summed E-state index contributed by atoms with van der Waals surface area (Å²) in [6.07, 6.45) is 2.99. The molecule has 0 fully saturated rings. The largest absolute Gasteiger partial charge is 0.315 e. The van der Waals surface area contributed by atoms with Crippen LogP contribution in [0.15, 0.2) is 6.20 Å². The molecule has 1 heterocycles. The van der Waals surface area contributed by atoms with Crippen molar-refractivity contribution in [2.75, 3.05) is 19.6 Å². The van der Waals surface area contributed by atoms with Crippen molar-refractivity contribution in [2.45, 2.75) is 19.9 Å². The molecule has 0 atom stereocenters. The maximum Gasteiger partial charge on any atom is 0.0880 e. The Bertz CT molecular complexity index is 200. The van der Waals surface area contributed by atoms with Crippen LogP contribution >= 0.6 is 11.7 Å². The van der Waals surface area contributed by atoms with Gasteiger partial charge in [0, 0.05) is 19.6 Å². The van der Waals surface area contributed by atoms with E-state index < -0.39 is 0 Å². The Morgan fingerprint density at radius 1 is 1.31 bits per heavy atom. The molecule has 0 saturated carbocycles. The van der Waals surface area contributed by atoms with Gasteiger partial charge in [-0.25, -0.2) is 0 Å². The fourth-order valence-electron chi connectivity index (χ4n) is 0.957. The Balaban J connectivity index is 1.90. The standard InChI is InChI=1S/C8H16N4S/c1-2-3-9-4-5-10-6-8-7-11-13-12-8/h7,9-10H,2-6H2,1H3. The van der Waals surface area contributed by atoms with E-state index >= 15 is 0 Å². The summed E-state index contributed by atoms with van der Waals surface area (Å²) in [4.78, 5) is 0. The van der Waals surface area contributed by atoms with Crippen LogP contribution in [0.1, 0.15) is 19.0 Å². The fraction of sp³-hybridized carbons (Fsp3) is 0.750. The van der Waals surface area contributed by atoms with Gasteiger partial charge in [0.05, 0.1) is 23.6 Å². The second-order valence-electron chi connectivity index (χ2n) is 2.83. The maximum absolute atomic E-state index is 4.10. The van der Waals surface area contributed by atoms with E-state index in [1.165, 1.54) is 18.1 Å². The Labute approximate surface area is 83.1 Å². The lowest BCUT2D eigenvalue weighted by atomic mass is 10.4. The summed E-state index contributed by atoms with van der Waals surface area (Å²) >= 11 is 1.26. The van der Waals surface area contributed by atoms with E-state index in [0.29, 0.717) is 0 Å². The third-order valence-electron chi connectivity index (χ3n) is 1.62. The third-order valence-corrected chi connectivity index (χ3v) is 2.13. The van der Waals surface area contributed by atoms with Crippen molar-refractivity contribution in [3.05, 3.63) is 11.9 Å². The molecule has 5 heteroatoms. The summed E-state index contributed by atoms with van der Waals surface area (Å²) in [5.41, 5.74) is 1.03. The van der Waals surface area contributed by atoms with Gasteiger partial charge < -0.3 is 10.6 Å². The Morgan fingerprint density at radius 2 is 2.15 bits per heavy atom. The summed E-state index contributed by atoms with van der Waals surface area (Å²) in [5, 5.41) is 6.61. The van der Waals surface area contributed by atoms with Gasteiger partial charge in [0.15, 0.2) is 0 Å². The normalized spacial score (nSPS) is 10.5. The molecule has 0 aliphatic heterocycles. The second-order valence-corrected chi connectivity index (χ2v) is 3.38. The molecule has 0 aromatic carbocycles. The molecular weight excluding hydrogens is 184 g/mol. The van der Waals surface area contributed by atoms with Crippen molar-refractivity contribution < 1.29 is 0 Å². The molecule has 4 nitrogen and oxygen atoms in total. The van der Waals surface area contributed by atoms with Crippen LogP contribution < -0.4 is 10.6 Å². The van der Waals surface area contributed by atoms with Gasteiger partial charge in [-0.05, 0) is 13.0 Å². The van der Waals surface area contributed by atoms with Crippen LogP contribution in [0.2, 0.25) is 0 Å². The zero-order chi connectivity index (χ0) is 9.36. The summed E-state index contributed by atoms with van der Waals surface area (Å²) in [6.45, 7) is 6.09. The number of hydrogen-bond acceptors (Lipinski definition) is 5. The highest BCUT2D eigenvalue weighted by molar-refractivity contribution is 6.99. The number of aromatic nitrogens is 2. The molecule has 0 unspecified atom stereocenters. The van der Waals surface area contributed by atoms with Crippen molar-refractivity contribution in [1.82, 2.24) is 19.4 Å². The molecule has 0 radical (unpaired) electrons. The van der Waals surface area contributed by atoms with Gasteiger partial charge in [-0.15, -0.1) is 0 Å². The minimum absolute atomic E-state index is 0.824. The fourth-order valence-corrected chi connectivity index (χ4v) is 1.39. The van der Waals surface area contributed by atoms with Crippen molar-refractivity contribution >= 4 is 11.7 Å². The highest BCUT2D eigenvalue weighted by Crippen LogP contribution is 1.92. The third kappa shape index (κ3) is 4.92. The molecule has 0 saturated heterocycles. The smallest absolute Gasteiger partial charge is 0.0880 e. The molecule has 2 N–H and O–H groups in total. The van der Waals surface area contributed by atoms with E-state index in [9.17, 15) is 0 Å². The second kappa shape index (κ2) is 6.94. The molecule has 13 heavy (non-hydrogen) atoms. The minimum Gasteiger partial charge on any atom is -0.315 e. The van der Waals surface area contributed by atoms with Crippen LogP contribution in [-0.2, 0) is 6.54 Å². The van der Waals surface area contributed by atoms with Gasteiger partial charge in [0.25, 0.3) is 0 Å². The van der Waals surface area contributed by atoms with Crippen molar-refractivity contribution in [3.8, 4) is 0 Å². The highest BCUT2D eigenvalue weighted by Gasteiger charge is 1.93. The van der Waals surface area contributed by atoms with E-state index in [4.69, 9.17) is 0 Å². The van der Waals surface area contributed by atoms with Crippen molar-refractivity contribution in [3.63, 3.8) is 0 Å². The highest BCUT2D eigenvalue weighted by atomic mass is 32.1. The maximum atomic E-state index is 4.10. The average molecular weight is 200 g/mol. The zero-order valence-electron chi connectivity index (χ0n) is 7.92. The van der Waals surface area contributed by atoms with E-state index in [1.807, 2.05) is 0 Å². The molecule has 0 bridgehead atoms. The minimum atomic E-state index is 0.824. The lowest BCUT2D eigenvalue weighted by Gasteiger charge is -2.03. The average Bonchev–Trinajstić information content (AvgIpc) is 2.63. The number of nitrogens with zero attached hydrogens (tertiary/aromatic N) is 2. The summed E-state index contributed by atoms with van der Waals surface area (Å²) in [5.74, 6) is 0. The van der Waals surface area contributed by atoms with Crippen LogP contribution in [0.25, 0.3) is 0 Å². The zero-order valence-corrected chi connectivity index (χ0v) is 8.73. The van der Waals surface area contributed by atoms with Gasteiger partial charge in [0.1, 0.15) is 0 Å². The monoisotopic (exact) mass is 200 g/mol. The molecule has 0 spiro atoms. The Kier molecular flexibility index (Phi) is 5.64. The van der Waals surface area contributed by atoms with Gasteiger partial charge in [-0.2, -0.15) is 8.75 Å². The van der Waals surface area contributed by atoms with Gasteiger partial charge in [0.2, 0.25) is 0 Å². The van der Waals surface area contributed by atoms with Crippen LogP contribution in [0.5, 0.6) is 0 Å². The van der Waals surface area contributed by atoms with Crippen LogP contribution in [0.4, 0.5) is 0 Å². The summed E-state index contributed by atoms with van der Waals surface area (Å²) < 4.78 is 8.02. The first-order valence-corrected chi connectivity index (χ1v) is 5.34. The summed E-state index contributed by atoms with van der Waals surface area (Å²) in [7, 11) is 0. The Hall–Kier alpha value is -0.520. The van der Waals surface area contributed by atoms with Gasteiger partial charge >= 0.3 is 0 Å². The topological polar surface area (TPSA) is 49.8 Å². The summed E-state index contributed by atoms with van der Waals surface area (Å²) in [6, 6.07) is 0. The number of rotatable bonds is 7. The van der Waals surface area contributed by atoms with E-state index in [2.05, 4.69) is 26.3 Å². The first-order valence-electron chi connectivity index (χ1n) is 4.61. The quantitative estimate of drug-likeness (QED) is 0.634. The first-order chi connectivity index (χ1) is 6.43. The molecule has 0 aliphatic rings. The van der Waals surface area contributed by atoms with Crippen molar-refractivity contribution in [2.24, 2.45) is 0 Å². The molecule has 0 amide bonds. The van der Waals surface area contributed by atoms with Crippen LogP contribution in [-0.4, -0.2) is 28.4 Å². The Morgan fingerprint density at radius 3 is 2.85 bits per heavy atom. The number of nitrogens with one attached hydrogen (secondary N) is 2. The van der Waals surface area contributed by atoms with E-state index in [1.54, 1.807) is 6.20 Å². The lowest BCUT2D eigenvalue weighted by Crippen LogP contribution is -2.27.